The average molecular weight is 420 g/mol. The first-order chi connectivity index (χ1) is 15.1. The second-order valence-corrected chi connectivity index (χ2v) is 7.32. The van der Waals surface area contributed by atoms with E-state index in [0.29, 0.717) is 11.4 Å². The van der Waals surface area contributed by atoms with Crippen LogP contribution in [-0.2, 0) is 0 Å². The summed E-state index contributed by atoms with van der Waals surface area (Å²) in [5, 5.41) is 14.5. The number of imidazole rings is 1. The SMILES string of the molecule is CCN1CCN(c2ccccc2NC(=O)c2ccc(-n3ccnc3)c([N+](=O)[O-])c2)CC1. The number of rotatable bonds is 6. The lowest BCUT2D eigenvalue weighted by Gasteiger charge is -2.36. The number of hydrogen-bond acceptors (Lipinski definition) is 6. The molecule has 4 rings (SSSR count). The van der Waals surface area contributed by atoms with Crippen LogP contribution in [0.15, 0.2) is 61.2 Å². The van der Waals surface area contributed by atoms with E-state index in [2.05, 4.69) is 27.0 Å². The van der Waals surface area contributed by atoms with Gasteiger partial charge in [0.25, 0.3) is 11.6 Å². The first kappa shape index (κ1) is 20.5. The van der Waals surface area contributed by atoms with Gasteiger partial charge >= 0.3 is 0 Å². The minimum atomic E-state index is -0.493. The fourth-order valence-electron chi connectivity index (χ4n) is 3.79. The van der Waals surface area contributed by atoms with E-state index in [1.165, 1.54) is 12.4 Å². The molecule has 31 heavy (non-hydrogen) atoms. The zero-order chi connectivity index (χ0) is 21.8. The van der Waals surface area contributed by atoms with Crippen LogP contribution in [0.3, 0.4) is 0 Å². The van der Waals surface area contributed by atoms with Gasteiger partial charge in [-0.2, -0.15) is 0 Å². The number of amides is 1. The number of likely N-dealkylation sites (N-methyl/N-ethyl adjacent to an activating group) is 1. The second-order valence-electron chi connectivity index (χ2n) is 7.32. The van der Waals surface area contributed by atoms with Crippen LogP contribution < -0.4 is 10.2 Å². The Morgan fingerprint density at radius 1 is 1.13 bits per heavy atom. The fourth-order valence-corrected chi connectivity index (χ4v) is 3.79. The highest BCUT2D eigenvalue weighted by Crippen LogP contribution is 2.28. The molecule has 1 N–H and O–H groups in total. The lowest BCUT2D eigenvalue weighted by atomic mass is 10.1. The molecule has 0 atom stereocenters. The van der Waals surface area contributed by atoms with Crippen LogP contribution in [0, 0.1) is 10.1 Å². The number of anilines is 2. The Kier molecular flexibility index (Phi) is 5.94. The van der Waals surface area contributed by atoms with Crippen molar-refractivity contribution in [1.29, 1.82) is 0 Å². The third-order valence-corrected chi connectivity index (χ3v) is 5.53. The molecule has 2 aromatic carbocycles. The third kappa shape index (κ3) is 4.41. The maximum absolute atomic E-state index is 12.9. The van der Waals surface area contributed by atoms with Crippen molar-refractivity contribution in [2.24, 2.45) is 0 Å². The number of piperazine rings is 1. The normalized spacial score (nSPS) is 14.4. The maximum atomic E-state index is 12.9. The van der Waals surface area contributed by atoms with Crippen molar-refractivity contribution < 1.29 is 9.72 Å². The van der Waals surface area contributed by atoms with Crippen LogP contribution in [0.25, 0.3) is 5.69 Å². The summed E-state index contributed by atoms with van der Waals surface area (Å²) in [6.07, 6.45) is 4.65. The van der Waals surface area contributed by atoms with E-state index in [1.807, 2.05) is 24.3 Å². The number of hydrogen-bond donors (Lipinski definition) is 1. The number of benzene rings is 2. The van der Waals surface area contributed by atoms with Gasteiger partial charge in [-0.25, -0.2) is 4.98 Å². The van der Waals surface area contributed by atoms with Gasteiger partial charge in [-0.15, -0.1) is 0 Å². The molecular weight excluding hydrogens is 396 g/mol. The summed E-state index contributed by atoms with van der Waals surface area (Å²) < 4.78 is 1.55. The van der Waals surface area contributed by atoms with Gasteiger partial charge in [0.1, 0.15) is 5.69 Å². The number of nitro benzene ring substituents is 1. The minimum Gasteiger partial charge on any atom is -0.367 e. The molecule has 0 saturated carbocycles. The summed E-state index contributed by atoms with van der Waals surface area (Å²) in [6, 6.07) is 12.1. The zero-order valence-corrected chi connectivity index (χ0v) is 17.3. The third-order valence-electron chi connectivity index (χ3n) is 5.53. The number of aromatic nitrogens is 2. The number of nitrogens with zero attached hydrogens (tertiary/aromatic N) is 5. The number of nitro groups is 1. The smallest absolute Gasteiger partial charge is 0.294 e. The van der Waals surface area contributed by atoms with E-state index in [4.69, 9.17) is 0 Å². The Hall–Kier alpha value is -3.72. The minimum absolute atomic E-state index is 0.158. The highest BCUT2D eigenvalue weighted by Gasteiger charge is 2.21. The fraction of sp³-hybridized carbons (Fsp3) is 0.273. The van der Waals surface area contributed by atoms with Gasteiger partial charge in [-0.3, -0.25) is 14.9 Å². The van der Waals surface area contributed by atoms with Crippen molar-refractivity contribution >= 4 is 23.0 Å². The largest absolute Gasteiger partial charge is 0.367 e. The Morgan fingerprint density at radius 2 is 1.90 bits per heavy atom. The van der Waals surface area contributed by atoms with Gasteiger partial charge < -0.3 is 19.7 Å². The summed E-state index contributed by atoms with van der Waals surface area (Å²) in [6.45, 7) is 6.89. The van der Waals surface area contributed by atoms with E-state index >= 15 is 0 Å². The number of carbonyl (C=O) groups is 1. The van der Waals surface area contributed by atoms with Crippen molar-refractivity contribution in [2.45, 2.75) is 6.92 Å². The topological polar surface area (TPSA) is 96.5 Å². The Morgan fingerprint density at radius 3 is 2.58 bits per heavy atom. The van der Waals surface area contributed by atoms with E-state index in [0.717, 1.165) is 38.4 Å². The molecule has 1 fully saturated rings. The van der Waals surface area contributed by atoms with Crippen LogP contribution in [-0.4, -0.2) is 58.0 Å². The highest BCUT2D eigenvalue weighted by atomic mass is 16.6. The molecule has 0 bridgehead atoms. The molecule has 1 saturated heterocycles. The van der Waals surface area contributed by atoms with E-state index in [1.54, 1.807) is 29.1 Å². The molecule has 1 aliphatic rings. The number of carbonyl (C=O) groups excluding carboxylic acids is 1. The summed E-state index contributed by atoms with van der Waals surface area (Å²) in [4.78, 5) is 32.6. The summed E-state index contributed by atoms with van der Waals surface area (Å²) in [5.41, 5.74) is 2.07. The highest BCUT2D eigenvalue weighted by molar-refractivity contribution is 6.06. The van der Waals surface area contributed by atoms with Crippen molar-refractivity contribution in [3.05, 3.63) is 76.9 Å². The van der Waals surface area contributed by atoms with Crippen LogP contribution in [0.4, 0.5) is 17.1 Å². The number of para-hydroxylation sites is 2. The predicted molar refractivity (Wildman–Crippen MR) is 119 cm³/mol. The molecular formula is C22H24N6O3. The monoisotopic (exact) mass is 420 g/mol. The van der Waals surface area contributed by atoms with Crippen LogP contribution in [0.5, 0.6) is 0 Å². The van der Waals surface area contributed by atoms with E-state index in [-0.39, 0.29) is 17.2 Å². The number of nitrogens with one attached hydrogen (secondary N) is 1. The Bertz CT molecular complexity index is 1070. The molecule has 1 aliphatic heterocycles. The van der Waals surface area contributed by atoms with Crippen LogP contribution in [0.2, 0.25) is 0 Å². The average Bonchev–Trinajstić information content (AvgIpc) is 3.34. The molecule has 0 aliphatic carbocycles. The lowest BCUT2D eigenvalue weighted by molar-refractivity contribution is -0.384. The molecule has 3 aromatic rings. The van der Waals surface area contributed by atoms with E-state index < -0.39 is 4.92 Å². The summed E-state index contributed by atoms with van der Waals surface area (Å²) in [7, 11) is 0. The van der Waals surface area contributed by atoms with Gasteiger partial charge in [0.2, 0.25) is 0 Å². The van der Waals surface area contributed by atoms with Crippen molar-refractivity contribution in [1.82, 2.24) is 14.5 Å². The predicted octanol–water partition coefficient (Wildman–Crippen LogP) is 3.17. The quantitative estimate of drug-likeness (QED) is 0.486. The second kappa shape index (κ2) is 8.97. The molecule has 0 unspecified atom stereocenters. The van der Waals surface area contributed by atoms with Gasteiger partial charge in [0, 0.05) is 50.2 Å². The molecule has 9 nitrogen and oxygen atoms in total. The van der Waals surface area contributed by atoms with Gasteiger partial charge in [-0.1, -0.05) is 19.1 Å². The summed E-state index contributed by atoms with van der Waals surface area (Å²) in [5.74, 6) is -0.389. The first-order valence-electron chi connectivity index (χ1n) is 10.2. The summed E-state index contributed by atoms with van der Waals surface area (Å²) >= 11 is 0. The first-order valence-corrected chi connectivity index (χ1v) is 10.2. The standard InChI is InChI=1S/C22H24N6O3/c1-2-25-11-13-26(14-12-25)19-6-4-3-5-18(19)24-22(29)17-7-8-20(21(15-17)28(30)31)27-10-9-23-16-27/h3-10,15-16H,2,11-14H2,1H3,(H,24,29). The van der Waals surface area contributed by atoms with Gasteiger partial charge in [0.15, 0.2) is 0 Å². The Balaban J connectivity index is 1.57. The van der Waals surface area contributed by atoms with Gasteiger partial charge in [0.05, 0.1) is 22.6 Å². The zero-order valence-electron chi connectivity index (χ0n) is 17.3. The molecule has 0 radical (unpaired) electrons. The molecule has 160 valence electrons. The molecule has 0 spiro atoms. The van der Waals surface area contributed by atoms with Crippen molar-refractivity contribution in [3.8, 4) is 5.69 Å². The Labute approximate surface area is 180 Å². The maximum Gasteiger partial charge on any atom is 0.294 e. The van der Waals surface area contributed by atoms with Gasteiger partial charge in [-0.05, 0) is 30.8 Å². The molecule has 2 heterocycles. The molecule has 1 aromatic heterocycles. The lowest BCUT2D eigenvalue weighted by Crippen LogP contribution is -2.46. The van der Waals surface area contributed by atoms with Crippen molar-refractivity contribution in [3.63, 3.8) is 0 Å². The molecule has 1 amide bonds. The van der Waals surface area contributed by atoms with E-state index in [9.17, 15) is 14.9 Å². The molecule has 9 heteroatoms. The van der Waals surface area contributed by atoms with Crippen molar-refractivity contribution in [2.75, 3.05) is 42.9 Å². The van der Waals surface area contributed by atoms with Crippen LogP contribution >= 0.6 is 0 Å². The van der Waals surface area contributed by atoms with Crippen LogP contribution in [0.1, 0.15) is 17.3 Å².